The van der Waals surface area contributed by atoms with Crippen molar-refractivity contribution in [1.82, 2.24) is 10.2 Å². The highest BCUT2D eigenvalue weighted by Crippen LogP contribution is 2.17. The Kier molecular flexibility index (Phi) is 5.30. The van der Waals surface area contributed by atoms with Gasteiger partial charge in [-0.2, -0.15) is 0 Å². The summed E-state index contributed by atoms with van der Waals surface area (Å²) in [4.78, 5) is 24.9. The second-order valence-corrected chi connectivity index (χ2v) is 5.37. The third kappa shape index (κ3) is 4.27. The first-order valence-corrected chi connectivity index (χ1v) is 7.18. The van der Waals surface area contributed by atoms with Crippen LogP contribution in [0.2, 0.25) is 0 Å². The van der Waals surface area contributed by atoms with Crippen molar-refractivity contribution in [2.45, 2.75) is 25.4 Å². The summed E-state index contributed by atoms with van der Waals surface area (Å²) in [5.41, 5.74) is 12.1. The highest BCUT2D eigenvalue weighted by Gasteiger charge is 2.23. The third-order valence-electron chi connectivity index (χ3n) is 3.84. The molecular weight excluding hydrogens is 268 g/mol. The lowest BCUT2D eigenvalue weighted by atomic mass is 10.0. The lowest BCUT2D eigenvalue weighted by Gasteiger charge is -2.34. The van der Waals surface area contributed by atoms with Crippen LogP contribution < -0.4 is 16.8 Å². The van der Waals surface area contributed by atoms with Gasteiger partial charge in [-0.3, -0.25) is 14.5 Å². The van der Waals surface area contributed by atoms with Crippen LogP contribution in [0.3, 0.4) is 0 Å². The molecule has 1 aromatic carbocycles. The van der Waals surface area contributed by atoms with Gasteiger partial charge in [0.1, 0.15) is 0 Å². The Morgan fingerprint density at radius 3 is 2.48 bits per heavy atom. The Hall–Kier alpha value is -1.92. The molecule has 2 rings (SSSR count). The lowest BCUT2D eigenvalue weighted by molar-refractivity contribution is -0.120. The summed E-state index contributed by atoms with van der Waals surface area (Å²) in [5.74, 6) is -0.806. The predicted octanol–water partition coefficient (Wildman–Crippen LogP) is -0.175. The van der Waals surface area contributed by atoms with Crippen molar-refractivity contribution in [3.63, 3.8) is 0 Å². The standard InChI is InChI=1S/C15H22N4O2/c16-14(20)10-19(12-5-7-18-8-6-12)9-11-3-1-2-4-13(11)15(17)21/h1-4,12,18H,5-10H2,(H2,16,20)(H2,17,21). The Labute approximate surface area is 124 Å². The molecule has 0 saturated carbocycles. The van der Waals surface area contributed by atoms with Crippen LogP contribution in [0.15, 0.2) is 24.3 Å². The molecule has 0 spiro atoms. The number of hydrogen-bond acceptors (Lipinski definition) is 4. The molecule has 0 aliphatic carbocycles. The van der Waals surface area contributed by atoms with Crippen molar-refractivity contribution < 1.29 is 9.59 Å². The molecule has 1 aliphatic heterocycles. The number of carbonyl (C=O) groups is 2. The molecule has 0 atom stereocenters. The quantitative estimate of drug-likeness (QED) is 0.676. The van der Waals surface area contributed by atoms with Crippen LogP contribution in [0.25, 0.3) is 0 Å². The monoisotopic (exact) mass is 290 g/mol. The van der Waals surface area contributed by atoms with E-state index >= 15 is 0 Å². The van der Waals surface area contributed by atoms with Crippen molar-refractivity contribution in [1.29, 1.82) is 0 Å². The van der Waals surface area contributed by atoms with E-state index in [0.717, 1.165) is 31.5 Å². The van der Waals surface area contributed by atoms with Crippen LogP contribution in [0.1, 0.15) is 28.8 Å². The van der Waals surface area contributed by atoms with Crippen molar-refractivity contribution in [3.8, 4) is 0 Å². The predicted molar refractivity (Wildman–Crippen MR) is 80.5 cm³/mol. The fourth-order valence-electron chi connectivity index (χ4n) is 2.80. The summed E-state index contributed by atoms with van der Waals surface area (Å²) in [5, 5.41) is 3.30. The Bertz CT molecular complexity index is 512. The molecular formula is C15H22N4O2. The van der Waals surface area contributed by atoms with Crippen LogP contribution in [0, 0.1) is 0 Å². The number of amides is 2. The van der Waals surface area contributed by atoms with E-state index in [0.29, 0.717) is 18.2 Å². The highest BCUT2D eigenvalue weighted by atomic mass is 16.1. The van der Waals surface area contributed by atoms with Gasteiger partial charge in [-0.15, -0.1) is 0 Å². The molecule has 1 aromatic rings. The second kappa shape index (κ2) is 7.19. The van der Waals surface area contributed by atoms with Gasteiger partial charge in [-0.1, -0.05) is 18.2 Å². The zero-order valence-electron chi connectivity index (χ0n) is 12.0. The van der Waals surface area contributed by atoms with Crippen LogP contribution in [0.4, 0.5) is 0 Å². The Morgan fingerprint density at radius 1 is 1.19 bits per heavy atom. The molecule has 0 aromatic heterocycles. The number of benzene rings is 1. The molecule has 114 valence electrons. The summed E-state index contributed by atoms with van der Waals surface area (Å²) in [6.45, 7) is 2.55. The number of rotatable bonds is 6. The van der Waals surface area contributed by atoms with Crippen LogP contribution >= 0.6 is 0 Å². The number of carbonyl (C=O) groups excluding carboxylic acids is 2. The van der Waals surface area contributed by atoms with E-state index in [1.165, 1.54) is 0 Å². The SMILES string of the molecule is NC(=O)CN(Cc1ccccc1C(N)=O)C1CCNCC1. The van der Waals surface area contributed by atoms with Crippen molar-refractivity contribution >= 4 is 11.8 Å². The maximum Gasteiger partial charge on any atom is 0.249 e. The van der Waals surface area contributed by atoms with E-state index in [1.807, 2.05) is 17.0 Å². The summed E-state index contributed by atoms with van der Waals surface area (Å²) in [6.07, 6.45) is 1.93. The summed E-state index contributed by atoms with van der Waals surface area (Å²) in [6, 6.07) is 7.52. The topological polar surface area (TPSA) is 101 Å². The fourth-order valence-corrected chi connectivity index (χ4v) is 2.80. The van der Waals surface area contributed by atoms with Gasteiger partial charge in [-0.25, -0.2) is 0 Å². The number of hydrogen-bond donors (Lipinski definition) is 3. The molecule has 1 aliphatic rings. The molecule has 1 fully saturated rings. The first-order valence-electron chi connectivity index (χ1n) is 7.18. The van der Waals surface area contributed by atoms with Crippen LogP contribution in [-0.4, -0.2) is 42.4 Å². The van der Waals surface area contributed by atoms with Crippen molar-refractivity contribution in [2.75, 3.05) is 19.6 Å². The Morgan fingerprint density at radius 2 is 1.86 bits per heavy atom. The maximum absolute atomic E-state index is 11.5. The summed E-state index contributed by atoms with van der Waals surface area (Å²) in [7, 11) is 0. The molecule has 0 bridgehead atoms. The minimum Gasteiger partial charge on any atom is -0.369 e. The number of nitrogens with one attached hydrogen (secondary N) is 1. The first kappa shape index (κ1) is 15.5. The first-order chi connectivity index (χ1) is 10.1. The smallest absolute Gasteiger partial charge is 0.249 e. The van der Waals surface area contributed by atoms with Crippen molar-refractivity contribution in [3.05, 3.63) is 35.4 Å². The average Bonchev–Trinajstić information content (AvgIpc) is 2.47. The van der Waals surface area contributed by atoms with Crippen LogP contribution in [0.5, 0.6) is 0 Å². The van der Waals surface area contributed by atoms with Gasteiger partial charge in [0.25, 0.3) is 0 Å². The summed E-state index contributed by atoms with van der Waals surface area (Å²) < 4.78 is 0. The fraction of sp³-hybridized carbons (Fsp3) is 0.467. The minimum absolute atomic E-state index is 0.192. The van der Waals surface area contributed by atoms with Gasteiger partial charge in [0.2, 0.25) is 11.8 Å². The molecule has 1 heterocycles. The van der Waals surface area contributed by atoms with Gasteiger partial charge in [0.15, 0.2) is 0 Å². The number of piperidine rings is 1. The molecule has 5 N–H and O–H groups in total. The number of nitrogens with two attached hydrogens (primary N) is 2. The van der Waals surface area contributed by atoms with Crippen LogP contribution in [-0.2, 0) is 11.3 Å². The minimum atomic E-state index is -0.449. The Balaban J connectivity index is 2.18. The van der Waals surface area contributed by atoms with Gasteiger partial charge in [0.05, 0.1) is 6.54 Å². The van der Waals surface area contributed by atoms with Gasteiger partial charge in [0, 0.05) is 18.2 Å². The highest BCUT2D eigenvalue weighted by molar-refractivity contribution is 5.94. The van der Waals surface area contributed by atoms with E-state index < -0.39 is 5.91 Å². The molecule has 6 nitrogen and oxygen atoms in total. The maximum atomic E-state index is 11.5. The van der Waals surface area contributed by atoms with Crippen molar-refractivity contribution in [2.24, 2.45) is 11.5 Å². The molecule has 6 heteroatoms. The normalized spacial score (nSPS) is 16.0. The molecule has 0 radical (unpaired) electrons. The zero-order chi connectivity index (χ0) is 15.2. The molecule has 0 unspecified atom stereocenters. The third-order valence-corrected chi connectivity index (χ3v) is 3.84. The van der Waals surface area contributed by atoms with E-state index in [9.17, 15) is 9.59 Å². The molecule has 1 saturated heterocycles. The van der Waals surface area contributed by atoms with Gasteiger partial charge >= 0.3 is 0 Å². The van der Waals surface area contributed by atoms with Gasteiger partial charge in [-0.05, 0) is 37.6 Å². The number of primary amides is 2. The molecule has 2 amide bonds. The van der Waals surface area contributed by atoms with E-state index in [1.54, 1.807) is 12.1 Å². The average molecular weight is 290 g/mol. The van der Waals surface area contributed by atoms with E-state index in [2.05, 4.69) is 5.32 Å². The van der Waals surface area contributed by atoms with Gasteiger partial charge < -0.3 is 16.8 Å². The van der Waals surface area contributed by atoms with E-state index in [-0.39, 0.29) is 12.5 Å². The second-order valence-electron chi connectivity index (χ2n) is 5.37. The lowest BCUT2D eigenvalue weighted by Crippen LogP contribution is -2.46. The zero-order valence-corrected chi connectivity index (χ0v) is 12.0. The molecule has 21 heavy (non-hydrogen) atoms. The number of nitrogens with zero attached hydrogens (tertiary/aromatic N) is 1. The summed E-state index contributed by atoms with van der Waals surface area (Å²) >= 11 is 0. The van der Waals surface area contributed by atoms with E-state index in [4.69, 9.17) is 11.5 Å². The largest absolute Gasteiger partial charge is 0.369 e.